The molecular weight excluding hydrogens is 222 g/mol. The van der Waals surface area contributed by atoms with Gasteiger partial charge in [0.2, 0.25) is 0 Å². The molecule has 0 amide bonds. The lowest BCUT2D eigenvalue weighted by Gasteiger charge is -2.10. The highest BCUT2D eigenvalue weighted by atomic mass is 35.5. The number of hydrogen-bond donors (Lipinski definition) is 0. The first-order valence-electron chi connectivity index (χ1n) is 5.64. The van der Waals surface area contributed by atoms with Gasteiger partial charge in [0.25, 0.3) is 0 Å². The van der Waals surface area contributed by atoms with Crippen LogP contribution in [0.4, 0.5) is 0 Å². The van der Waals surface area contributed by atoms with Crippen LogP contribution < -0.4 is 0 Å². The lowest BCUT2D eigenvalue weighted by molar-refractivity contribution is 0.409. The van der Waals surface area contributed by atoms with Gasteiger partial charge in [-0.05, 0) is 32.5 Å². The molecule has 1 aromatic heterocycles. The van der Waals surface area contributed by atoms with E-state index in [-0.39, 0.29) is 0 Å². The monoisotopic (exact) mass is 241 g/mol. The molecule has 0 aliphatic rings. The Morgan fingerprint density at radius 3 is 2.56 bits per heavy atom. The molecule has 1 aromatic rings. The van der Waals surface area contributed by atoms with Crippen molar-refractivity contribution in [3.63, 3.8) is 0 Å². The minimum absolute atomic E-state index is 0.555. The maximum Gasteiger partial charge on any atom is 0.133 e. The predicted molar refractivity (Wildman–Crippen MR) is 67.8 cm³/mol. The Bertz CT molecular complexity index is 337. The summed E-state index contributed by atoms with van der Waals surface area (Å²) in [5.74, 6) is 1.43. The van der Waals surface area contributed by atoms with Crippen molar-refractivity contribution in [1.82, 2.24) is 14.9 Å². The molecular formula is C12H20ClN3. The molecule has 0 saturated heterocycles. The van der Waals surface area contributed by atoms with Crippen LogP contribution in [0.1, 0.15) is 25.4 Å². The average Bonchev–Trinajstić information content (AvgIpc) is 2.12. The summed E-state index contributed by atoms with van der Waals surface area (Å²) in [6.45, 7) is 5.30. The Balaban J connectivity index is 2.73. The summed E-state index contributed by atoms with van der Waals surface area (Å²) in [4.78, 5) is 10.9. The summed E-state index contributed by atoms with van der Waals surface area (Å²) in [6.07, 6.45) is 1.80. The number of aromatic nitrogens is 2. The van der Waals surface area contributed by atoms with Crippen LogP contribution in [0.5, 0.6) is 0 Å². The van der Waals surface area contributed by atoms with Crippen molar-refractivity contribution in [2.24, 2.45) is 5.92 Å². The zero-order chi connectivity index (χ0) is 12.1. The molecule has 0 aliphatic heterocycles. The van der Waals surface area contributed by atoms with Crippen molar-refractivity contribution >= 4 is 11.6 Å². The van der Waals surface area contributed by atoms with E-state index in [4.69, 9.17) is 11.6 Å². The molecule has 0 aromatic carbocycles. The highest BCUT2D eigenvalue weighted by molar-refractivity contribution is 6.29. The quantitative estimate of drug-likeness (QED) is 0.742. The molecule has 0 atom stereocenters. The van der Waals surface area contributed by atoms with E-state index in [1.807, 2.05) is 20.2 Å². The fraction of sp³-hybridized carbons (Fsp3) is 0.667. The molecule has 0 bridgehead atoms. The second-order valence-electron chi connectivity index (χ2n) is 4.75. The van der Waals surface area contributed by atoms with Crippen molar-refractivity contribution in [3.8, 4) is 0 Å². The largest absolute Gasteiger partial charge is 0.309 e. The van der Waals surface area contributed by atoms with Gasteiger partial charge in [-0.3, -0.25) is 0 Å². The number of rotatable bonds is 5. The van der Waals surface area contributed by atoms with E-state index in [1.54, 1.807) is 0 Å². The predicted octanol–water partition coefficient (Wildman–Crippen LogP) is 2.43. The van der Waals surface area contributed by atoms with E-state index in [2.05, 4.69) is 28.7 Å². The Morgan fingerprint density at radius 2 is 2.00 bits per heavy atom. The summed E-state index contributed by atoms with van der Waals surface area (Å²) in [5, 5.41) is 0.555. The fourth-order valence-corrected chi connectivity index (χ4v) is 1.70. The maximum atomic E-state index is 5.98. The smallest absolute Gasteiger partial charge is 0.133 e. The molecule has 0 N–H and O–H groups in total. The van der Waals surface area contributed by atoms with Crippen LogP contribution in [-0.4, -0.2) is 35.5 Å². The lowest BCUT2D eigenvalue weighted by atomic mass is 10.1. The minimum Gasteiger partial charge on any atom is -0.309 e. The number of likely N-dealkylation sites (N-methyl/N-ethyl adjacent to an activating group) is 1. The van der Waals surface area contributed by atoms with Crippen molar-refractivity contribution in [3.05, 3.63) is 22.7 Å². The Hall–Kier alpha value is -0.670. The highest BCUT2D eigenvalue weighted by Crippen LogP contribution is 2.11. The van der Waals surface area contributed by atoms with Crippen molar-refractivity contribution < 1.29 is 0 Å². The van der Waals surface area contributed by atoms with Gasteiger partial charge < -0.3 is 4.90 Å². The third-order valence-corrected chi connectivity index (χ3v) is 2.39. The maximum absolute atomic E-state index is 5.98. The Kier molecular flexibility index (Phi) is 5.16. The van der Waals surface area contributed by atoms with Gasteiger partial charge in [0, 0.05) is 18.7 Å². The lowest BCUT2D eigenvalue weighted by Crippen LogP contribution is -2.17. The van der Waals surface area contributed by atoms with Gasteiger partial charge in [-0.15, -0.1) is 0 Å². The summed E-state index contributed by atoms with van der Waals surface area (Å²) >= 11 is 5.98. The van der Waals surface area contributed by atoms with Crippen molar-refractivity contribution in [2.75, 3.05) is 20.6 Å². The van der Waals surface area contributed by atoms with Gasteiger partial charge in [0.1, 0.15) is 11.0 Å². The summed E-state index contributed by atoms with van der Waals surface area (Å²) < 4.78 is 0. The topological polar surface area (TPSA) is 29.0 Å². The van der Waals surface area contributed by atoms with E-state index < -0.39 is 0 Å². The summed E-state index contributed by atoms with van der Waals surface area (Å²) in [7, 11) is 4.08. The normalized spacial score (nSPS) is 11.4. The molecule has 4 heteroatoms. The standard InChI is InChI=1S/C12H20ClN3/c1-9(2)7-10-8-11(13)15-12(14-10)5-6-16(3)4/h8-9H,5-7H2,1-4H3. The number of halogens is 1. The molecule has 1 rings (SSSR count). The van der Waals surface area contributed by atoms with Crippen LogP contribution in [0.2, 0.25) is 5.15 Å². The zero-order valence-corrected chi connectivity index (χ0v) is 11.3. The number of hydrogen-bond acceptors (Lipinski definition) is 3. The molecule has 0 unspecified atom stereocenters. The van der Waals surface area contributed by atoms with E-state index in [9.17, 15) is 0 Å². The van der Waals surface area contributed by atoms with E-state index in [0.29, 0.717) is 11.1 Å². The molecule has 0 saturated carbocycles. The van der Waals surface area contributed by atoms with Crippen molar-refractivity contribution in [2.45, 2.75) is 26.7 Å². The third kappa shape index (κ3) is 4.90. The molecule has 0 radical (unpaired) electrons. The van der Waals surface area contributed by atoms with Gasteiger partial charge in [-0.2, -0.15) is 0 Å². The molecule has 3 nitrogen and oxygen atoms in total. The van der Waals surface area contributed by atoms with Crippen LogP contribution in [0.15, 0.2) is 6.07 Å². The van der Waals surface area contributed by atoms with Crippen molar-refractivity contribution in [1.29, 1.82) is 0 Å². The molecule has 0 fully saturated rings. The molecule has 0 aliphatic carbocycles. The van der Waals surface area contributed by atoms with Crippen LogP contribution in [0.3, 0.4) is 0 Å². The Labute approximate surface area is 103 Å². The molecule has 1 heterocycles. The first kappa shape index (κ1) is 13.4. The minimum atomic E-state index is 0.555. The molecule has 90 valence electrons. The second kappa shape index (κ2) is 6.16. The van der Waals surface area contributed by atoms with E-state index in [0.717, 1.165) is 30.9 Å². The van der Waals surface area contributed by atoms with Gasteiger partial charge in [-0.1, -0.05) is 25.4 Å². The van der Waals surface area contributed by atoms with Gasteiger partial charge >= 0.3 is 0 Å². The van der Waals surface area contributed by atoms with Gasteiger partial charge in [0.15, 0.2) is 0 Å². The van der Waals surface area contributed by atoms with Crippen LogP contribution in [-0.2, 0) is 12.8 Å². The average molecular weight is 242 g/mol. The Morgan fingerprint density at radius 1 is 1.31 bits per heavy atom. The first-order valence-corrected chi connectivity index (χ1v) is 6.02. The van der Waals surface area contributed by atoms with Gasteiger partial charge in [-0.25, -0.2) is 9.97 Å². The van der Waals surface area contributed by atoms with Gasteiger partial charge in [0.05, 0.1) is 0 Å². The van der Waals surface area contributed by atoms with E-state index >= 15 is 0 Å². The zero-order valence-electron chi connectivity index (χ0n) is 10.5. The second-order valence-corrected chi connectivity index (χ2v) is 5.14. The first-order chi connectivity index (χ1) is 7.47. The van der Waals surface area contributed by atoms with Crippen LogP contribution >= 0.6 is 11.6 Å². The highest BCUT2D eigenvalue weighted by Gasteiger charge is 2.05. The summed E-state index contributed by atoms with van der Waals surface area (Å²) in [5.41, 5.74) is 1.05. The summed E-state index contributed by atoms with van der Waals surface area (Å²) in [6, 6.07) is 1.86. The third-order valence-electron chi connectivity index (χ3n) is 2.19. The SMILES string of the molecule is CC(C)Cc1cc(Cl)nc(CCN(C)C)n1. The van der Waals surface area contributed by atoms with E-state index in [1.165, 1.54) is 0 Å². The molecule has 16 heavy (non-hydrogen) atoms. The molecule has 0 spiro atoms. The van der Waals surface area contributed by atoms with Crippen LogP contribution in [0, 0.1) is 5.92 Å². The fourth-order valence-electron chi connectivity index (χ4n) is 1.47. The number of nitrogens with zero attached hydrogens (tertiary/aromatic N) is 3. The van der Waals surface area contributed by atoms with Crippen LogP contribution in [0.25, 0.3) is 0 Å².